The first-order chi connectivity index (χ1) is 9.66. The number of rotatable bonds is 2. The summed E-state index contributed by atoms with van der Waals surface area (Å²) in [6.45, 7) is 6.39. The van der Waals surface area contributed by atoms with Crippen molar-refractivity contribution in [2.45, 2.75) is 20.8 Å². The van der Waals surface area contributed by atoms with E-state index in [1.165, 1.54) is 16.7 Å². The van der Waals surface area contributed by atoms with Gasteiger partial charge in [-0.3, -0.25) is 0 Å². The van der Waals surface area contributed by atoms with Crippen LogP contribution in [-0.2, 0) is 0 Å². The van der Waals surface area contributed by atoms with Crippen molar-refractivity contribution in [1.82, 2.24) is 9.97 Å². The minimum atomic E-state index is 0.863. The summed E-state index contributed by atoms with van der Waals surface area (Å²) >= 11 is 0. The van der Waals surface area contributed by atoms with Gasteiger partial charge >= 0.3 is 0 Å². The van der Waals surface area contributed by atoms with Crippen molar-refractivity contribution < 1.29 is 0 Å². The fraction of sp³-hybridized carbons (Fsp3) is 0.176. The molecular weight excluding hydrogens is 246 g/mol. The number of anilines is 2. The number of fused-ring (bicyclic) bond motifs is 1. The van der Waals surface area contributed by atoms with Gasteiger partial charge in [-0.05, 0) is 55.7 Å². The largest absolute Gasteiger partial charge is 0.340 e. The first kappa shape index (κ1) is 12.6. The zero-order valence-electron chi connectivity index (χ0n) is 11.9. The minimum absolute atomic E-state index is 0.863. The highest BCUT2D eigenvalue weighted by atomic mass is 15.0. The zero-order chi connectivity index (χ0) is 14.1. The van der Waals surface area contributed by atoms with Gasteiger partial charge in [0.15, 0.2) is 0 Å². The summed E-state index contributed by atoms with van der Waals surface area (Å²) in [6.07, 6.45) is 1.61. The topological polar surface area (TPSA) is 37.8 Å². The Bertz CT molecular complexity index is 764. The summed E-state index contributed by atoms with van der Waals surface area (Å²) in [6, 6.07) is 12.2. The molecule has 0 radical (unpaired) electrons. The van der Waals surface area contributed by atoms with Crippen molar-refractivity contribution in [3.63, 3.8) is 0 Å². The van der Waals surface area contributed by atoms with Crippen molar-refractivity contribution in [1.29, 1.82) is 0 Å². The zero-order valence-corrected chi connectivity index (χ0v) is 11.9. The van der Waals surface area contributed by atoms with Crippen LogP contribution in [0.4, 0.5) is 11.5 Å². The quantitative estimate of drug-likeness (QED) is 0.749. The summed E-state index contributed by atoms with van der Waals surface area (Å²) in [5, 5.41) is 4.48. The molecule has 3 nitrogen and oxygen atoms in total. The van der Waals surface area contributed by atoms with Gasteiger partial charge in [0.2, 0.25) is 0 Å². The molecule has 0 aliphatic heterocycles. The summed E-state index contributed by atoms with van der Waals surface area (Å²) in [5.74, 6) is 0.863. The van der Waals surface area contributed by atoms with E-state index in [4.69, 9.17) is 0 Å². The molecule has 0 fully saturated rings. The van der Waals surface area contributed by atoms with Gasteiger partial charge in [0, 0.05) is 11.1 Å². The molecule has 3 rings (SSSR count). The summed E-state index contributed by atoms with van der Waals surface area (Å²) in [7, 11) is 0. The lowest BCUT2D eigenvalue weighted by Gasteiger charge is -2.13. The van der Waals surface area contributed by atoms with Crippen LogP contribution in [0.15, 0.2) is 42.7 Å². The SMILES string of the molecule is Cc1cc2ncnc(Nc3ccccc3)c2c(C)c1C. The molecule has 1 aromatic heterocycles. The molecule has 3 aromatic rings. The van der Waals surface area contributed by atoms with Gasteiger partial charge < -0.3 is 5.32 Å². The molecule has 0 atom stereocenters. The Hall–Kier alpha value is -2.42. The van der Waals surface area contributed by atoms with Crippen LogP contribution >= 0.6 is 0 Å². The molecular formula is C17H17N3. The standard InChI is InChI=1S/C17H17N3/c1-11-9-15-16(13(3)12(11)2)17(19-10-18-15)20-14-7-5-4-6-8-14/h4-10H,1-3H3,(H,18,19,20). The molecule has 100 valence electrons. The Kier molecular flexibility index (Phi) is 3.11. The first-order valence-electron chi connectivity index (χ1n) is 6.70. The Labute approximate surface area is 118 Å². The van der Waals surface area contributed by atoms with Crippen molar-refractivity contribution in [3.8, 4) is 0 Å². The van der Waals surface area contributed by atoms with Crippen LogP contribution in [0.5, 0.6) is 0 Å². The van der Waals surface area contributed by atoms with Gasteiger partial charge in [-0.2, -0.15) is 0 Å². The summed E-state index contributed by atoms with van der Waals surface area (Å²) in [5.41, 5.74) is 5.81. The fourth-order valence-corrected chi connectivity index (χ4v) is 2.43. The lowest BCUT2D eigenvalue weighted by Crippen LogP contribution is -1.99. The maximum absolute atomic E-state index is 4.41. The number of para-hydroxylation sites is 1. The van der Waals surface area contributed by atoms with Gasteiger partial charge in [-0.25, -0.2) is 9.97 Å². The van der Waals surface area contributed by atoms with Crippen LogP contribution in [-0.4, -0.2) is 9.97 Å². The second-order valence-corrected chi connectivity index (χ2v) is 5.05. The third kappa shape index (κ3) is 2.11. The predicted octanol–water partition coefficient (Wildman–Crippen LogP) is 4.30. The highest BCUT2D eigenvalue weighted by molar-refractivity contribution is 5.94. The third-order valence-electron chi connectivity index (χ3n) is 3.80. The molecule has 0 unspecified atom stereocenters. The number of nitrogens with one attached hydrogen (secondary N) is 1. The summed E-state index contributed by atoms with van der Waals surface area (Å²) in [4.78, 5) is 8.81. The van der Waals surface area contributed by atoms with E-state index in [0.717, 1.165) is 22.4 Å². The van der Waals surface area contributed by atoms with Gasteiger partial charge in [0.25, 0.3) is 0 Å². The van der Waals surface area contributed by atoms with E-state index in [0.29, 0.717) is 0 Å². The number of benzene rings is 2. The molecule has 0 bridgehead atoms. The molecule has 0 amide bonds. The van der Waals surface area contributed by atoms with E-state index in [1.807, 2.05) is 30.3 Å². The van der Waals surface area contributed by atoms with Gasteiger partial charge in [-0.1, -0.05) is 18.2 Å². The van der Waals surface area contributed by atoms with Crippen LogP contribution in [0.25, 0.3) is 10.9 Å². The fourth-order valence-electron chi connectivity index (χ4n) is 2.43. The third-order valence-corrected chi connectivity index (χ3v) is 3.80. The van der Waals surface area contributed by atoms with E-state index in [9.17, 15) is 0 Å². The van der Waals surface area contributed by atoms with Crippen LogP contribution in [0.3, 0.4) is 0 Å². The predicted molar refractivity (Wildman–Crippen MR) is 83.5 cm³/mol. The van der Waals surface area contributed by atoms with E-state index < -0.39 is 0 Å². The number of aryl methyl sites for hydroxylation is 2. The van der Waals surface area contributed by atoms with Crippen molar-refractivity contribution >= 4 is 22.4 Å². The lowest BCUT2D eigenvalue weighted by molar-refractivity contribution is 1.19. The van der Waals surface area contributed by atoms with E-state index in [-0.39, 0.29) is 0 Å². The molecule has 1 N–H and O–H groups in total. The Morgan fingerprint density at radius 2 is 1.65 bits per heavy atom. The van der Waals surface area contributed by atoms with Crippen LogP contribution in [0, 0.1) is 20.8 Å². The van der Waals surface area contributed by atoms with Gasteiger partial charge in [0.1, 0.15) is 12.1 Å². The number of aromatic nitrogens is 2. The number of nitrogens with zero attached hydrogens (tertiary/aromatic N) is 2. The second kappa shape index (κ2) is 4.93. The number of hydrogen-bond acceptors (Lipinski definition) is 3. The van der Waals surface area contributed by atoms with E-state index >= 15 is 0 Å². The minimum Gasteiger partial charge on any atom is -0.340 e. The molecule has 0 aliphatic carbocycles. The molecule has 0 aliphatic rings. The number of hydrogen-bond donors (Lipinski definition) is 1. The van der Waals surface area contributed by atoms with E-state index in [1.54, 1.807) is 6.33 Å². The van der Waals surface area contributed by atoms with Crippen molar-refractivity contribution in [2.24, 2.45) is 0 Å². The normalized spacial score (nSPS) is 10.8. The van der Waals surface area contributed by atoms with Crippen LogP contribution in [0.2, 0.25) is 0 Å². The summed E-state index contributed by atoms with van der Waals surface area (Å²) < 4.78 is 0. The van der Waals surface area contributed by atoms with Gasteiger partial charge in [0.05, 0.1) is 5.52 Å². The molecule has 20 heavy (non-hydrogen) atoms. The highest BCUT2D eigenvalue weighted by Gasteiger charge is 2.10. The maximum Gasteiger partial charge on any atom is 0.141 e. The average molecular weight is 263 g/mol. The molecule has 0 saturated carbocycles. The Morgan fingerprint density at radius 3 is 2.40 bits per heavy atom. The Morgan fingerprint density at radius 1 is 0.900 bits per heavy atom. The maximum atomic E-state index is 4.41. The monoisotopic (exact) mass is 263 g/mol. The first-order valence-corrected chi connectivity index (χ1v) is 6.70. The Balaban J connectivity index is 2.19. The lowest BCUT2D eigenvalue weighted by atomic mass is 9.99. The van der Waals surface area contributed by atoms with Crippen molar-refractivity contribution in [3.05, 3.63) is 59.4 Å². The highest BCUT2D eigenvalue weighted by Crippen LogP contribution is 2.29. The second-order valence-electron chi connectivity index (χ2n) is 5.05. The molecule has 0 saturated heterocycles. The molecule has 2 aromatic carbocycles. The van der Waals surface area contributed by atoms with Gasteiger partial charge in [-0.15, -0.1) is 0 Å². The van der Waals surface area contributed by atoms with E-state index in [2.05, 4.69) is 42.1 Å². The molecule has 0 spiro atoms. The smallest absolute Gasteiger partial charge is 0.141 e. The average Bonchev–Trinajstić information content (AvgIpc) is 2.46. The van der Waals surface area contributed by atoms with Crippen LogP contribution in [0.1, 0.15) is 16.7 Å². The molecule has 1 heterocycles. The van der Waals surface area contributed by atoms with Crippen LogP contribution < -0.4 is 5.32 Å². The molecule has 3 heteroatoms. The van der Waals surface area contributed by atoms with Crippen molar-refractivity contribution in [2.75, 3.05) is 5.32 Å².